The van der Waals surface area contributed by atoms with Crippen molar-refractivity contribution < 1.29 is 19.4 Å². The van der Waals surface area contributed by atoms with E-state index in [1.54, 1.807) is 24.3 Å². The summed E-state index contributed by atoms with van der Waals surface area (Å²) in [6.07, 6.45) is 1.62. The zero-order chi connectivity index (χ0) is 15.8. The van der Waals surface area contributed by atoms with Crippen molar-refractivity contribution in [3.05, 3.63) is 29.8 Å². The molecule has 1 aromatic carbocycles. The van der Waals surface area contributed by atoms with Crippen molar-refractivity contribution in [2.45, 2.75) is 39.7 Å². The van der Waals surface area contributed by atoms with E-state index in [4.69, 9.17) is 9.84 Å². The van der Waals surface area contributed by atoms with Crippen molar-refractivity contribution in [3.63, 3.8) is 0 Å². The molecule has 0 saturated heterocycles. The molecule has 5 nitrogen and oxygen atoms in total. The largest absolute Gasteiger partial charge is 0.494 e. The molecule has 1 N–H and O–H groups in total. The number of carboxylic acid groups (broad SMARTS) is 1. The van der Waals surface area contributed by atoms with E-state index < -0.39 is 5.97 Å². The summed E-state index contributed by atoms with van der Waals surface area (Å²) in [6.45, 7) is 6.13. The molecule has 0 aliphatic carbocycles. The van der Waals surface area contributed by atoms with Crippen LogP contribution in [0.5, 0.6) is 5.75 Å². The summed E-state index contributed by atoms with van der Waals surface area (Å²) in [5.41, 5.74) is 0.473. The van der Waals surface area contributed by atoms with E-state index >= 15 is 0 Å². The molecule has 0 heterocycles. The van der Waals surface area contributed by atoms with Crippen LogP contribution in [-0.4, -0.2) is 41.1 Å². The summed E-state index contributed by atoms with van der Waals surface area (Å²) in [5.74, 6) is -0.568. The zero-order valence-electron chi connectivity index (χ0n) is 12.8. The van der Waals surface area contributed by atoms with Gasteiger partial charge in [-0.2, -0.15) is 0 Å². The summed E-state index contributed by atoms with van der Waals surface area (Å²) in [6, 6.07) is 6.69. The highest BCUT2D eigenvalue weighted by Gasteiger charge is 2.22. The smallest absolute Gasteiger partial charge is 0.323 e. The molecular weight excluding hydrogens is 270 g/mol. The van der Waals surface area contributed by atoms with Crippen LogP contribution in [0.2, 0.25) is 0 Å². The average Bonchev–Trinajstić information content (AvgIpc) is 2.49. The highest BCUT2D eigenvalue weighted by atomic mass is 16.5. The Bertz CT molecular complexity index is 470. The van der Waals surface area contributed by atoms with E-state index in [2.05, 4.69) is 0 Å². The predicted molar refractivity (Wildman–Crippen MR) is 80.7 cm³/mol. The summed E-state index contributed by atoms with van der Waals surface area (Å²) in [4.78, 5) is 24.7. The average molecular weight is 293 g/mol. The van der Waals surface area contributed by atoms with Crippen LogP contribution < -0.4 is 4.74 Å². The zero-order valence-corrected chi connectivity index (χ0v) is 12.8. The van der Waals surface area contributed by atoms with Gasteiger partial charge >= 0.3 is 5.97 Å². The van der Waals surface area contributed by atoms with E-state index in [-0.39, 0.29) is 18.5 Å². The van der Waals surface area contributed by atoms with Gasteiger partial charge in [-0.3, -0.25) is 9.59 Å². The molecule has 1 amide bonds. The molecule has 0 radical (unpaired) electrons. The minimum absolute atomic E-state index is 0.121. The van der Waals surface area contributed by atoms with Gasteiger partial charge in [0.1, 0.15) is 12.3 Å². The molecular formula is C16H23NO4. The van der Waals surface area contributed by atoms with Gasteiger partial charge < -0.3 is 14.7 Å². The van der Waals surface area contributed by atoms with Crippen molar-refractivity contribution in [3.8, 4) is 5.75 Å². The van der Waals surface area contributed by atoms with Gasteiger partial charge in [0.2, 0.25) is 0 Å². The number of aliphatic carboxylic acids is 1. The van der Waals surface area contributed by atoms with Crippen LogP contribution in [0.25, 0.3) is 0 Å². The molecule has 21 heavy (non-hydrogen) atoms. The monoisotopic (exact) mass is 293 g/mol. The van der Waals surface area contributed by atoms with Gasteiger partial charge in [-0.05, 0) is 44.0 Å². The lowest BCUT2D eigenvalue weighted by atomic mass is 10.1. The quantitative estimate of drug-likeness (QED) is 0.800. The number of hydrogen-bond acceptors (Lipinski definition) is 3. The van der Waals surface area contributed by atoms with Crippen LogP contribution in [0.15, 0.2) is 24.3 Å². The SMILES string of the molecule is CCCOc1ccc(C(=O)N(CC(=O)O)C(C)CC)cc1. The first-order chi connectivity index (χ1) is 9.99. The van der Waals surface area contributed by atoms with E-state index in [9.17, 15) is 9.59 Å². The maximum atomic E-state index is 12.4. The van der Waals surface area contributed by atoms with Gasteiger partial charge in [0.15, 0.2) is 0 Å². The second-order valence-electron chi connectivity index (χ2n) is 4.96. The molecule has 116 valence electrons. The third-order valence-electron chi connectivity index (χ3n) is 3.26. The van der Waals surface area contributed by atoms with Crippen LogP contribution in [0.1, 0.15) is 44.0 Å². The number of carbonyl (C=O) groups excluding carboxylic acids is 1. The summed E-state index contributed by atoms with van der Waals surface area (Å²) in [5, 5.41) is 8.95. The number of rotatable bonds is 8. The van der Waals surface area contributed by atoms with E-state index in [0.717, 1.165) is 6.42 Å². The molecule has 1 unspecified atom stereocenters. The van der Waals surface area contributed by atoms with Gasteiger partial charge in [0, 0.05) is 11.6 Å². The Labute approximate surface area is 125 Å². The number of hydrogen-bond donors (Lipinski definition) is 1. The molecule has 0 bridgehead atoms. The minimum Gasteiger partial charge on any atom is -0.494 e. The van der Waals surface area contributed by atoms with Crippen LogP contribution >= 0.6 is 0 Å². The molecule has 1 rings (SSSR count). The normalized spacial score (nSPS) is 11.8. The highest BCUT2D eigenvalue weighted by molar-refractivity contribution is 5.96. The molecule has 5 heteroatoms. The Balaban J connectivity index is 2.85. The maximum Gasteiger partial charge on any atom is 0.323 e. The lowest BCUT2D eigenvalue weighted by molar-refractivity contribution is -0.138. The Kier molecular flexibility index (Phi) is 6.72. The van der Waals surface area contributed by atoms with Gasteiger partial charge in [-0.15, -0.1) is 0 Å². The van der Waals surface area contributed by atoms with Gasteiger partial charge in [-0.1, -0.05) is 13.8 Å². The van der Waals surface area contributed by atoms with Crippen molar-refractivity contribution in [2.75, 3.05) is 13.2 Å². The molecule has 0 aliphatic heterocycles. The Hall–Kier alpha value is -2.04. The number of benzene rings is 1. The fraction of sp³-hybridized carbons (Fsp3) is 0.500. The second kappa shape index (κ2) is 8.29. The van der Waals surface area contributed by atoms with E-state index in [0.29, 0.717) is 24.3 Å². The van der Waals surface area contributed by atoms with E-state index in [1.807, 2.05) is 20.8 Å². The Morgan fingerprint density at radius 3 is 2.33 bits per heavy atom. The van der Waals surface area contributed by atoms with Crippen molar-refractivity contribution >= 4 is 11.9 Å². The van der Waals surface area contributed by atoms with Crippen molar-refractivity contribution in [1.82, 2.24) is 4.90 Å². The van der Waals surface area contributed by atoms with Gasteiger partial charge in [0.25, 0.3) is 5.91 Å². The summed E-state index contributed by atoms with van der Waals surface area (Å²) >= 11 is 0. The lowest BCUT2D eigenvalue weighted by Crippen LogP contribution is -2.41. The van der Waals surface area contributed by atoms with Crippen LogP contribution in [0, 0.1) is 0 Å². The van der Waals surface area contributed by atoms with Gasteiger partial charge in [-0.25, -0.2) is 0 Å². The predicted octanol–water partition coefficient (Wildman–Crippen LogP) is 2.80. The molecule has 1 aromatic rings. The highest BCUT2D eigenvalue weighted by Crippen LogP contribution is 2.16. The Morgan fingerprint density at radius 1 is 1.24 bits per heavy atom. The standard InChI is InChI=1S/C16H23NO4/c1-4-10-21-14-8-6-13(7-9-14)16(20)17(11-15(18)19)12(3)5-2/h6-9,12H,4-5,10-11H2,1-3H3,(H,18,19). The number of carboxylic acids is 1. The first-order valence-electron chi connectivity index (χ1n) is 7.25. The number of amides is 1. The molecule has 1 atom stereocenters. The maximum absolute atomic E-state index is 12.4. The van der Waals surface area contributed by atoms with Crippen LogP contribution in [0.4, 0.5) is 0 Å². The fourth-order valence-electron chi connectivity index (χ4n) is 1.87. The van der Waals surface area contributed by atoms with Crippen LogP contribution in [-0.2, 0) is 4.79 Å². The molecule has 0 spiro atoms. The second-order valence-corrected chi connectivity index (χ2v) is 4.96. The fourth-order valence-corrected chi connectivity index (χ4v) is 1.87. The summed E-state index contributed by atoms with van der Waals surface area (Å²) < 4.78 is 5.46. The molecule has 0 fully saturated rings. The van der Waals surface area contributed by atoms with Crippen LogP contribution in [0.3, 0.4) is 0 Å². The molecule has 0 aliphatic rings. The molecule has 0 saturated carbocycles. The number of ether oxygens (including phenoxy) is 1. The third kappa shape index (κ3) is 5.10. The van der Waals surface area contributed by atoms with Crippen molar-refractivity contribution in [1.29, 1.82) is 0 Å². The lowest BCUT2D eigenvalue weighted by Gasteiger charge is -2.27. The first kappa shape index (κ1) is 17.0. The number of nitrogens with zero attached hydrogens (tertiary/aromatic N) is 1. The summed E-state index contributed by atoms with van der Waals surface area (Å²) in [7, 11) is 0. The Morgan fingerprint density at radius 2 is 1.86 bits per heavy atom. The minimum atomic E-state index is -1.01. The first-order valence-corrected chi connectivity index (χ1v) is 7.25. The molecule has 0 aromatic heterocycles. The van der Waals surface area contributed by atoms with Gasteiger partial charge in [0.05, 0.1) is 6.61 Å². The number of carbonyl (C=O) groups is 2. The third-order valence-corrected chi connectivity index (χ3v) is 3.26. The van der Waals surface area contributed by atoms with Crippen molar-refractivity contribution in [2.24, 2.45) is 0 Å². The van der Waals surface area contributed by atoms with E-state index in [1.165, 1.54) is 4.90 Å². The topological polar surface area (TPSA) is 66.8 Å².